The van der Waals surface area contributed by atoms with E-state index in [0.717, 1.165) is 50.5 Å². The number of phenols is 1. The van der Waals surface area contributed by atoms with E-state index >= 15 is 0 Å². The van der Waals surface area contributed by atoms with Crippen LogP contribution < -0.4 is 5.32 Å². The van der Waals surface area contributed by atoms with E-state index in [-0.39, 0.29) is 47.4 Å². The van der Waals surface area contributed by atoms with Gasteiger partial charge in [0.1, 0.15) is 11.9 Å². The lowest BCUT2D eigenvalue weighted by atomic mass is 9.47. The van der Waals surface area contributed by atoms with Gasteiger partial charge < -0.3 is 15.2 Å². The molecule has 3 fully saturated rings. The molecule has 6 nitrogen and oxygen atoms in total. The third-order valence-electron chi connectivity index (χ3n) is 10.4. The maximum atomic E-state index is 12.7. The SMILES string of the molecule is C[C@]12CC[C@@H]3[C@H](CCC4=CC(=O)CC[C@@]43C)[C@H]1CC[C@H]2OC(=O)CCC(=O)NCCc1ccc(O)cc1. The van der Waals surface area contributed by atoms with Gasteiger partial charge in [-0.1, -0.05) is 31.6 Å². The van der Waals surface area contributed by atoms with Crippen molar-refractivity contribution in [2.24, 2.45) is 28.6 Å². The Kier molecular flexibility index (Phi) is 7.21. The Bertz CT molecular complexity index is 1080. The van der Waals surface area contributed by atoms with E-state index in [4.69, 9.17) is 4.74 Å². The molecular formula is C31H41NO5. The molecule has 4 aliphatic rings. The lowest BCUT2D eigenvalue weighted by Crippen LogP contribution is -2.51. The summed E-state index contributed by atoms with van der Waals surface area (Å²) in [4.78, 5) is 37.1. The number of rotatable bonds is 7. The average Bonchev–Trinajstić information content (AvgIpc) is 3.20. The van der Waals surface area contributed by atoms with Crippen molar-refractivity contribution in [3.8, 4) is 5.75 Å². The van der Waals surface area contributed by atoms with Crippen LogP contribution in [0.1, 0.15) is 83.6 Å². The monoisotopic (exact) mass is 507 g/mol. The van der Waals surface area contributed by atoms with E-state index in [1.807, 2.05) is 18.2 Å². The highest BCUT2D eigenvalue weighted by atomic mass is 16.5. The number of carbonyl (C=O) groups is 3. The predicted molar refractivity (Wildman–Crippen MR) is 141 cm³/mol. The highest BCUT2D eigenvalue weighted by Gasteiger charge is 2.59. The molecule has 0 aliphatic heterocycles. The number of benzene rings is 1. The number of nitrogens with one attached hydrogen (secondary N) is 1. The van der Waals surface area contributed by atoms with E-state index in [1.54, 1.807) is 12.1 Å². The van der Waals surface area contributed by atoms with Crippen LogP contribution in [0.15, 0.2) is 35.9 Å². The molecule has 0 aromatic heterocycles. The van der Waals surface area contributed by atoms with Gasteiger partial charge in [-0.25, -0.2) is 0 Å². The van der Waals surface area contributed by atoms with Crippen LogP contribution in [0.3, 0.4) is 0 Å². The number of ether oxygens (including phenoxy) is 1. The molecule has 0 bridgehead atoms. The first-order chi connectivity index (χ1) is 17.7. The quantitative estimate of drug-likeness (QED) is 0.490. The molecule has 1 aromatic rings. The van der Waals surface area contributed by atoms with Gasteiger partial charge in [0, 0.05) is 24.8 Å². The van der Waals surface area contributed by atoms with Crippen LogP contribution in [-0.4, -0.2) is 35.4 Å². The molecule has 0 heterocycles. The molecule has 0 unspecified atom stereocenters. The summed E-state index contributed by atoms with van der Waals surface area (Å²) in [5, 5.41) is 12.2. The van der Waals surface area contributed by atoms with Crippen molar-refractivity contribution in [1.82, 2.24) is 5.32 Å². The number of fused-ring (bicyclic) bond motifs is 5. The van der Waals surface area contributed by atoms with Crippen LogP contribution in [0, 0.1) is 28.6 Å². The zero-order chi connectivity index (χ0) is 26.2. The molecule has 0 spiro atoms. The largest absolute Gasteiger partial charge is 0.508 e. The summed E-state index contributed by atoms with van der Waals surface area (Å²) in [5.41, 5.74) is 2.58. The van der Waals surface area contributed by atoms with Crippen LogP contribution in [-0.2, 0) is 25.5 Å². The number of ketones is 1. The summed E-state index contributed by atoms with van der Waals surface area (Å²) < 4.78 is 6.05. The number of esters is 1. The number of allylic oxidation sites excluding steroid dienone is 1. The number of amides is 1. The highest BCUT2D eigenvalue weighted by Crippen LogP contribution is 2.65. The minimum absolute atomic E-state index is 0.00523. The van der Waals surface area contributed by atoms with Crippen LogP contribution in [0.4, 0.5) is 0 Å². The van der Waals surface area contributed by atoms with Crippen molar-refractivity contribution >= 4 is 17.7 Å². The topological polar surface area (TPSA) is 92.7 Å². The summed E-state index contributed by atoms with van der Waals surface area (Å²) in [5.74, 6) is 1.93. The number of carbonyl (C=O) groups excluding carboxylic acids is 3. The fourth-order valence-electron chi connectivity index (χ4n) is 8.24. The lowest BCUT2D eigenvalue weighted by molar-refractivity contribution is -0.160. The van der Waals surface area contributed by atoms with Gasteiger partial charge in [0.05, 0.1) is 6.42 Å². The predicted octanol–water partition coefficient (Wildman–Crippen LogP) is 5.27. The fraction of sp³-hybridized carbons (Fsp3) is 0.645. The van der Waals surface area contributed by atoms with E-state index in [2.05, 4.69) is 19.2 Å². The van der Waals surface area contributed by atoms with E-state index in [1.165, 1.54) is 5.57 Å². The van der Waals surface area contributed by atoms with Crippen molar-refractivity contribution in [2.75, 3.05) is 6.54 Å². The molecule has 5 rings (SSSR count). The van der Waals surface area contributed by atoms with E-state index in [9.17, 15) is 19.5 Å². The maximum absolute atomic E-state index is 12.7. The first-order valence-electron chi connectivity index (χ1n) is 14.2. The highest BCUT2D eigenvalue weighted by molar-refractivity contribution is 5.91. The third kappa shape index (κ3) is 5.08. The van der Waals surface area contributed by atoms with E-state index < -0.39 is 0 Å². The summed E-state index contributed by atoms with van der Waals surface area (Å²) in [7, 11) is 0. The van der Waals surface area contributed by atoms with Crippen molar-refractivity contribution in [3.05, 3.63) is 41.5 Å². The second kappa shape index (κ2) is 10.3. The Morgan fingerprint density at radius 2 is 1.78 bits per heavy atom. The van der Waals surface area contributed by atoms with Crippen molar-refractivity contribution in [3.63, 3.8) is 0 Å². The molecule has 6 heteroatoms. The average molecular weight is 508 g/mol. The fourth-order valence-corrected chi connectivity index (χ4v) is 8.24. The summed E-state index contributed by atoms with van der Waals surface area (Å²) in [6.45, 7) is 5.22. The third-order valence-corrected chi connectivity index (χ3v) is 10.4. The Labute approximate surface area is 220 Å². The maximum Gasteiger partial charge on any atom is 0.306 e. The Morgan fingerprint density at radius 1 is 1.00 bits per heavy atom. The Balaban J connectivity index is 1.11. The zero-order valence-electron chi connectivity index (χ0n) is 22.3. The Morgan fingerprint density at radius 3 is 2.57 bits per heavy atom. The van der Waals surface area contributed by atoms with Crippen LogP contribution in [0.25, 0.3) is 0 Å². The molecule has 37 heavy (non-hydrogen) atoms. The number of hydrogen-bond acceptors (Lipinski definition) is 5. The van der Waals surface area contributed by atoms with Crippen LogP contribution in [0.5, 0.6) is 5.75 Å². The molecule has 0 radical (unpaired) electrons. The zero-order valence-corrected chi connectivity index (χ0v) is 22.3. The number of aromatic hydroxyl groups is 1. The molecule has 4 aliphatic carbocycles. The molecular weight excluding hydrogens is 466 g/mol. The minimum atomic E-state index is -0.269. The van der Waals surface area contributed by atoms with E-state index in [0.29, 0.717) is 42.9 Å². The summed E-state index contributed by atoms with van der Waals surface area (Å²) >= 11 is 0. The first-order valence-corrected chi connectivity index (χ1v) is 14.2. The molecule has 6 atom stereocenters. The van der Waals surface area contributed by atoms with Gasteiger partial charge in [0.25, 0.3) is 0 Å². The Hall–Kier alpha value is -2.63. The van der Waals surface area contributed by atoms with Gasteiger partial charge in [-0.2, -0.15) is 0 Å². The smallest absolute Gasteiger partial charge is 0.306 e. The lowest BCUT2D eigenvalue weighted by Gasteiger charge is -2.57. The van der Waals surface area contributed by atoms with Crippen molar-refractivity contribution < 1.29 is 24.2 Å². The van der Waals surface area contributed by atoms with Gasteiger partial charge >= 0.3 is 5.97 Å². The molecule has 200 valence electrons. The molecule has 2 N–H and O–H groups in total. The van der Waals surface area contributed by atoms with Crippen LogP contribution >= 0.6 is 0 Å². The molecule has 1 amide bonds. The second-order valence-electron chi connectivity index (χ2n) is 12.3. The van der Waals surface area contributed by atoms with Crippen molar-refractivity contribution in [1.29, 1.82) is 0 Å². The van der Waals surface area contributed by atoms with Gasteiger partial charge in [0.2, 0.25) is 5.91 Å². The van der Waals surface area contributed by atoms with Crippen LogP contribution in [0.2, 0.25) is 0 Å². The summed E-state index contributed by atoms with van der Waals surface area (Å²) in [6.07, 6.45) is 10.8. The first kappa shape index (κ1) is 26.0. The summed E-state index contributed by atoms with van der Waals surface area (Å²) in [6, 6.07) is 6.94. The van der Waals surface area contributed by atoms with Gasteiger partial charge in [0.15, 0.2) is 5.78 Å². The number of hydrogen-bond donors (Lipinski definition) is 2. The van der Waals surface area contributed by atoms with Gasteiger partial charge in [-0.3, -0.25) is 14.4 Å². The van der Waals surface area contributed by atoms with Crippen molar-refractivity contribution in [2.45, 2.75) is 90.6 Å². The second-order valence-corrected chi connectivity index (χ2v) is 12.3. The molecule has 1 aromatic carbocycles. The molecule has 0 saturated heterocycles. The van der Waals surface area contributed by atoms with Gasteiger partial charge in [-0.05, 0) is 98.3 Å². The standard InChI is InChI=1S/C31H41NO5/c1-30-16-13-23(34)19-21(30)5-8-24-25-9-10-27(31(25,2)17-14-26(24)30)37-29(36)12-11-28(35)32-18-15-20-3-6-22(33)7-4-20/h3-4,6-7,19,24-27,33H,5,8-18H2,1-2H3,(H,32,35)/t24-,25-,26-,27-,30+,31+/m1/s1. The minimum Gasteiger partial charge on any atom is -0.508 e. The number of phenolic OH excluding ortho intramolecular Hbond substituents is 1. The normalized spacial score (nSPS) is 34.5. The molecule has 3 saturated carbocycles. The van der Waals surface area contributed by atoms with Gasteiger partial charge in [-0.15, -0.1) is 0 Å².